The molecule has 0 radical (unpaired) electrons. The van der Waals surface area contributed by atoms with Gasteiger partial charge in [-0.25, -0.2) is 0 Å². The van der Waals surface area contributed by atoms with Gasteiger partial charge in [-0.3, -0.25) is 9.69 Å². The van der Waals surface area contributed by atoms with E-state index in [1.807, 2.05) is 11.9 Å². The summed E-state index contributed by atoms with van der Waals surface area (Å²) in [5, 5.41) is 0. The van der Waals surface area contributed by atoms with Gasteiger partial charge in [0.05, 0.1) is 0 Å². The van der Waals surface area contributed by atoms with Crippen molar-refractivity contribution in [3.05, 3.63) is 0 Å². The molecule has 1 saturated heterocycles. The molecule has 0 bridgehead atoms. The summed E-state index contributed by atoms with van der Waals surface area (Å²) in [4.78, 5) is 16.7. The van der Waals surface area contributed by atoms with Gasteiger partial charge in [-0.1, -0.05) is 19.3 Å². The van der Waals surface area contributed by atoms with Gasteiger partial charge in [0.2, 0.25) is 5.91 Å². The molecule has 1 aliphatic heterocycles. The summed E-state index contributed by atoms with van der Waals surface area (Å²) in [6, 6.07) is 0.818. The normalized spacial score (nSPS) is 32.6. The quantitative estimate of drug-likeness (QED) is 0.804. The van der Waals surface area contributed by atoms with E-state index in [1.165, 1.54) is 32.1 Å². The van der Waals surface area contributed by atoms with Crippen LogP contribution in [0.5, 0.6) is 0 Å². The van der Waals surface area contributed by atoms with Crippen molar-refractivity contribution in [1.29, 1.82) is 0 Å². The Morgan fingerprint density at radius 3 is 2.50 bits per heavy atom. The minimum atomic E-state index is -0.0944. The first kappa shape index (κ1) is 13.8. The fourth-order valence-corrected chi connectivity index (χ4v) is 3.37. The lowest BCUT2D eigenvalue weighted by Gasteiger charge is -2.37. The minimum absolute atomic E-state index is 0.0944. The van der Waals surface area contributed by atoms with Gasteiger partial charge in [0.15, 0.2) is 0 Å². The van der Waals surface area contributed by atoms with E-state index in [-0.39, 0.29) is 11.9 Å². The number of likely N-dealkylation sites (N-methyl/N-ethyl adjacent to an activating group) is 1. The van der Waals surface area contributed by atoms with Crippen LogP contribution in [0.2, 0.25) is 0 Å². The highest BCUT2D eigenvalue weighted by molar-refractivity contribution is 5.82. The molecule has 18 heavy (non-hydrogen) atoms. The lowest BCUT2D eigenvalue weighted by atomic mass is 9.93. The third kappa shape index (κ3) is 2.69. The topological polar surface area (TPSA) is 49.6 Å². The van der Waals surface area contributed by atoms with Crippen LogP contribution < -0.4 is 5.73 Å². The second-order valence-electron chi connectivity index (χ2n) is 5.87. The SMILES string of the molecule is CC1CCN(C2CCCCC2)C(CN)C(=O)N1C. The van der Waals surface area contributed by atoms with Crippen molar-refractivity contribution in [3.8, 4) is 0 Å². The number of nitrogens with zero attached hydrogens (tertiary/aromatic N) is 2. The van der Waals surface area contributed by atoms with Crippen molar-refractivity contribution in [3.63, 3.8) is 0 Å². The van der Waals surface area contributed by atoms with Crippen molar-refractivity contribution in [2.24, 2.45) is 5.73 Å². The Balaban J connectivity index is 2.13. The summed E-state index contributed by atoms with van der Waals surface area (Å²) in [5.74, 6) is 0.216. The number of hydrogen-bond donors (Lipinski definition) is 1. The Bertz CT molecular complexity index is 289. The molecule has 0 aromatic rings. The molecule has 1 saturated carbocycles. The summed E-state index contributed by atoms with van der Waals surface area (Å²) >= 11 is 0. The average molecular weight is 253 g/mol. The number of carbonyl (C=O) groups is 1. The van der Waals surface area contributed by atoms with E-state index in [4.69, 9.17) is 5.73 Å². The maximum Gasteiger partial charge on any atom is 0.241 e. The lowest BCUT2D eigenvalue weighted by molar-refractivity contribution is -0.136. The predicted molar refractivity (Wildman–Crippen MR) is 73.3 cm³/mol. The molecule has 0 aromatic carbocycles. The molecule has 2 aliphatic rings. The van der Waals surface area contributed by atoms with Gasteiger partial charge in [-0.2, -0.15) is 0 Å². The fraction of sp³-hybridized carbons (Fsp3) is 0.929. The number of hydrogen-bond acceptors (Lipinski definition) is 3. The van der Waals surface area contributed by atoms with Gasteiger partial charge in [-0.15, -0.1) is 0 Å². The molecule has 1 amide bonds. The first-order valence-corrected chi connectivity index (χ1v) is 7.37. The summed E-state index contributed by atoms with van der Waals surface area (Å²) in [6.45, 7) is 3.60. The molecule has 2 rings (SSSR count). The third-order valence-corrected chi connectivity index (χ3v) is 4.77. The Hall–Kier alpha value is -0.610. The van der Waals surface area contributed by atoms with Crippen molar-refractivity contribution in [1.82, 2.24) is 9.80 Å². The van der Waals surface area contributed by atoms with E-state index in [2.05, 4.69) is 11.8 Å². The zero-order valence-corrected chi connectivity index (χ0v) is 11.8. The smallest absolute Gasteiger partial charge is 0.241 e. The first-order chi connectivity index (χ1) is 8.65. The van der Waals surface area contributed by atoms with E-state index in [1.54, 1.807) is 0 Å². The molecule has 104 valence electrons. The van der Waals surface area contributed by atoms with E-state index < -0.39 is 0 Å². The van der Waals surface area contributed by atoms with Crippen molar-refractivity contribution >= 4 is 5.91 Å². The third-order valence-electron chi connectivity index (χ3n) is 4.77. The Labute approximate surface area is 110 Å². The molecule has 4 nitrogen and oxygen atoms in total. The van der Waals surface area contributed by atoms with Crippen molar-refractivity contribution in [2.75, 3.05) is 20.1 Å². The Morgan fingerprint density at radius 1 is 1.22 bits per heavy atom. The van der Waals surface area contributed by atoms with Crippen molar-refractivity contribution in [2.45, 2.75) is 63.6 Å². The van der Waals surface area contributed by atoms with Crippen LogP contribution in [0.25, 0.3) is 0 Å². The summed E-state index contributed by atoms with van der Waals surface area (Å²) < 4.78 is 0. The maximum atomic E-state index is 12.4. The fourth-order valence-electron chi connectivity index (χ4n) is 3.37. The minimum Gasteiger partial charge on any atom is -0.342 e. The highest BCUT2D eigenvalue weighted by atomic mass is 16.2. The predicted octanol–water partition coefficient (Wildman–Crippen LogP) is 1.20. The molecule has 1 aliphatic carbocycles. The van der Waals surface area contributed by atoms with Crippen LogP contribution in [0.1, 0.15) is 45.4 Å². The summed E-state index contributed by atoms with van der Waals surface area (Å²) in [6.07, 6.45) is 7.50. The highest BCUT2D eigenvalue weighted by Gasteiger charge is 2.36. The molecule has 4 heteroatoms. The Kier molecular flexibility index (Phi) is 4.62. The largest absolute Gasteiger partial charge is 0.342 e. The van der Waals surface area contributed by atoms with Gasteiger partial charge in [0.25, 0.3) is 0 Å². The molecule has 0 spiro atoms. The van der Waals surface area contributed by atoms with Crippen LogP contribution in [-0.4, -0.2) is 54.0 Å². The van der Waals surface area contributed by atoms with Gasteiger partial charge >= 0.3 is 0 Å². The number of amides is 1. The molecule has 2 N–H and O–H groups in total. The van der Waals surface area contributed by atoms with Gasteiger partial charge < -0.3 is 10.6 Å². The second-order valence-corrected chi connectivity index (χ2v) is 5.87. The first-order valence-electron chi connectivity index (χ1n) is 7.37. The number of carbonyl (C=O) groups excluding carboxylic acids is 1. The summed E-state index contributed by atoms with van der Waals surface area (Å²) in [7, 11) is 1.92. The van der Waals surface area contributed by atoms with Crippen LogP contribution in [-0.2, 0) is 4.79 Å². The molecular formula is C14H27N3O. The lowest BCUT2D eigenvalue weighted by Crippen LogP contribution is -2.53. The van der Waals surface area contributed by atoms with Gasteiger partial charge in [0.1, 0.15) is 6.04 Å². The summed E-state index contributed by atoms with van der Waals surface area (Å²) in [5.41, 5.74) is 5.88. The molecule has 2 fully saturated rings. The van der Waals surface area contributed by atoms with Crippen LogP contribution in [0.4, 0.5) is 0 Å². The van der Waals surface area contributed by atoms with E-state index in [0.29, 0.717) is 18.6 Å². The van der Waals surface area contributed by atoms with E-state index in [9.17, 15) is 4.79 Å². The zero-order chi connectivity index (χ0) is 13.1. The van der Waals surface area contributed by atoms with Gasteiger partial charge in [0, 0.05) is 32.2 Å². The van der Waals surface area contributed by atoms with Crippen LogP contribution >= 0.6 is 0 Å². The number of rotatable bonds is 2. The molecular weight excluding hydrogens is 226 g/mol. The van der Waals surface area contributed by atoms with Crippen LogP contribution in [0, 0.1) is 0 Å². The van der Waals surface area contributed by atoms with Crippen LogP contribution in [0.3, 0.4) is 0 Å². The second kappa shape index (κ2) is 6.02. The maximum absolute atomic E-state index is 12.4. The zero-order valence-electron chi connectivity index (χ0n) is 11.8. The van der Waals surface area contributed by atoms with E-state index in [0.717, 1.165) is 13.0 Å². The number of nitrogens with two attached hydrogens (primary N) is 1. The molecule has 1 heterocycles. The average Bonchev–Trinajstić information content (AvgIpc) is 2.51. The Morgan fingerprint density at radius 2 is 1.89 bits per heavy atom. The standard InChI is InChI=1S/C14H27N3O/c1-11-8-9-17(12-6-4-3-5-7-12)13(10-15)14(18)16(11)2/h11-13H,3-10,15H2,1-2H3. The van der Waals surface area contributed by atoms with E-state index >= 15 is 0 Å². The van der Waals surface area contributed by atoms with Crippen molar-refractivity contribution < 1.29 is 4.79 Å². The highest BCUT2D eigenvalue weighted by Crippen LogP contribution is 2.26. The van der Waals surface area contributed by atoms with Crippen LogP contribution in [0.15, 0.2) is 0 Å². The molecule has 0 aromatic heterocycles. The van der Waals surface area contributed by atoms with Gasteiger partial charge in [-0.05, 0) is 26.2 Å². The monoisotopic (exact) mass is 253 g/mol. The molecule has 2 atom stereocenters. The molecule has 2 unspecified atom stereocenters.